The third-order valence-electron chi connectivity index (χ3n) is 2.86. The second kappa shape index (κ2) is 4.51. The molecule has 0 amide bonds. The Morgan fingerprint density at radius 2 is 2.00 bits per heavy atom. The first kappa shape index (κ1) is 11.9. The van der Waals surface area contributed by atoms with Crippen molar-refractivity contribution in [3.05, 3.63) is 41.3 Å². The number of nitrogens with one attached hydrogen (secondary N) is 1. The molecule has 0 saturated heterocycles. The van der Waals surface area contributed by atoms with Crippen molar-refractivity contribution in [2.45, 2.75) is 6.92 Å². The van der Waals surface area contributed by atoms with Crippen molar-refractivity contribution in [1.29, 1.82) is 0 Å². The summed E-state index contributed by atoms with van der Waals surface area (Å²) in [6, 6.07) is 7.54. The highest BCUT2D eigenvalue weighted by Gasteiger charge is 2.13. The Bertz CT molecular complexity index is 750. The van der Waals surface area contributed by atoms with Gasteiger partial charge in [0.25, 0.3) is 0 Å². The van der Waals surface area contributed by atoms with Crippen molar-refractivity contribution in [2.75, 3.05) is 12.4 Å². The molecule has 19 heavy (non-hydrogen) atoms. The second-order valence-electron chi connectivity index (χ2n) is 4.11. The van der Waals surface area contributed by atoms with Crippen molar-refractivity contribution < 1.29 is 0 Å². The Morgan fingerprint density at radius 1 is 1.21 bits per heavy atom. The number of para-hydroxylation sites is 1. The fourth-order valence-electron chi connectivity index (χ4n) is 2.01. The van der Waals surface area contributed by atoms with Crippen LogP contribution in [0, 0.1) is 6.92 Å². The quantitative estimate of drug-likeness (QED) is 0.780. The molecule has 5 nitrogen and oxygen atoms in total. The van der Waals surface area contributed by atoms with Crippen LogP contribution in [-0.4, -0.2) is 26.8 Å². The van der Waals surface area contributed by atoms with Crippen molar-refractivity contribution in [3.63, 3.8) is 0 Å². The molecule has 6 heteroatoms. The number of fused-ring (bicyclic) bond motifs is 1. The molecule has 1 aromatic carbocycles. The van der Waals surface area contributed by atoms with Crippen LogP contribution in [0.4, 0.5) is 5.82 Å². The Hall–Kier alpha value is -2.14. The van der Waals surface area contributed by atoms with E-state index < -0.39 is 0 Å². The molecule has 0 bridgehead atoms. The minimum atomic E-state index is 0.634. The lowest BCUT2D eigenvalue weighted by Crippen LogP contribution is -2.02. The maximum Gasteiger partial charge on any atom is 0.168 e. The fourth-order valence-corrected chi connectivity index (χ4v) is 2.22. The molecule has 0 unspecified atom stereocenters. The normalized spacial score (nSPS) is 10.9. The standard InChI is InChI=1S/C13H12ClN5/c1-8-17-12(15-2)9-7-16-19(13(9)18-8)11-6-4-3-5-10(11)14/h3-7H,1-2H3,(H,15,17,18). The van der Waals surface area contributed by atoms with E-state index in [1.165, 1.54) is 0 Å². The van der Waals surface area contributed by atoms with Gasteiger partial charge in [-0.05, 0) is 19.1 Å². The van der Waals surface area contributed by atoms with Gasteiger partial charge in [-0.25, -0.2) is 14.6 Å². The van der Waals surface area contributed by atoms with Gasteiger partial charge in [-0.3, -0.25) is 0 Å². The van der Waals surface area contributed by atoms with Crippen LogP contribution >= 0.6 is 11.6 Å². The zero-order valence-corrected chi connectivity index (χ0v) is 11.3. The molecule has 0 saturated carbocycles. The van der Waals surface area contributed by atoms with E-state index in [4.69, 9.17) is 11.6 Å². The highest BCUT2D eigenvalue weighted by Crippen LogP contribution is 2.25. The molecule has 0 aliphatic rings. The van der Waals surface area contributed by atoms with Gasteiger partial charge in [-0.15, -0.1) is 0 Å². The van der Waals surface area contributed by atoms with Gasteiger partial charge in [0.15, 0.2) is 5.65 Å². The van der Waals surface area contributed by atoms with E-state index >= 15 is 0 Å². The van der Waals surface area contributed by atoms with E-state index in [9.17, 15) is 0 Å². The van der Waals surface area contributed by atoms with E-state index in [1.54, 1.807) is 10.9 Å². The van der Waals surface area contributed by atoms with Crippen molar-refractivity contribution in [2.24, 2.45) is 0 Å². The van der Waals surface area contributed by atoms with Crippen LogP contribution in [0.1, 0.15) is 5.82 Å². The number of aryl methyl sites for hydroxylation is 1. The van der Waals surface area contributed by atoms with Crippen LogP contribution in [-0.2, 0) is 0 Å². The Kier molecular flexibility index (Phi) is 2.83. The molecular weight excluding hydrogens is 262 g/mol. The Balaban J connectivity index is 2.32. The molecule has 0 fully saturated rings. The van der Waals surface area contributed by atoms with Crippen LogP contribution in [0.25, 0.3) is 16.7 Å². The predicted octanol–water partition coefficient (Wildman–Crippen LogP) is 2.82. The van der Waals surface area contributed by atoms with Crippen molar-refractivity contribution >= 4 is 28.5 Å². The predicted molar refractivity (Wildman–Crippen MR) is 76.0 cm³/mol. The van der Waals surface area contributed by atoms with E-state index in [-0.39, 0.29) is 0 Å². The minimum Gasteiger partial charge on any atom is -0.372 e. The summed E-state index contributed by atoms with van der Waals surface area (Å²) in [5.41, 5.74) is 1.55. The summed E-state index contributed by atoms with van der Waals surface area (Å²) in [6.07, 6.45) is 1.74. The maximum absolute atomic E-state index is 6.21. The number of nitrogens with zero attached hydrogens (tertiary/aromatic N) is 4. The number of anilines is 1. The van der Waals surface area contributed by atoms with Crippen molar-refractivity contribution in [3.8, 4) is 5.69 Å². The van der Waals surface area contributed by atoms with Gasteiger partial charge in [0.1, 0.15) is 11.6 Å². The zero-order chi connectivity index (χ0) is 13.4. The fraction of sp³-hybridized carbons (Fsp3) is 0.154. The summed E-state index contributed by atoms with van der Waals surface area (Å²) < 4.78 is 1.73. The number of aromatic nitrogens is 4. The molecule has 3 rings (SSSR count). The van der Waals surface area contributed by atoms with Gasteiger partial charge < -0.3 is 5.32 Å². The number of benzene rings is 1. The molecule has 0 atom stereocenters. The van der Waals surface area contributed by atoms with Gasteiger partial charge in [-0.2, -0.15) is 5.10 Å². The highest BCUT2D eigenvalue weighted by molar-refractivity contribution is 6.32. The average Bonchev–Trinajstić information content (AvgIpc) is 2.82. The van der Waals surface area contributed by atoms with Crippen LogP contribution in [0.15, 0.2) is 30.5 Å². The summed E-state index contributed by atoms with van der Waals surface area (Å²) in [5.74, 6) is 1.45. The molecule has 0 aliphatic heterocycles. The molecule has 2 aromatic heterocycles. The number of rotatable bonds is 2. The summed E-state index contributed by atoms with van der Waals surface area (Å²) in [7, 11) is 1.83. The molecule has 0 radical (unpaired) electrons. The summed E-state index contributed by atoms with van der Waals surface area (Å²) in [6.45, 7) is 1.85. The van der Waals surface area contributed by atoms with Crippen LogP contribution in [0.3, 0.4) is 0 Å². The first-order valence-corrected chi connectivity index (χ1v) is 6.23. The lowest BCUT2D eigenvalue weighted by Gasteiger charge is -2.06. The summed E-state index contributed by atoms with van der Waals surface area (Å²) >= 11 is 6.21. The van der Waals surface area contributed by atoms with Gasteiger partial charge >= 0.3 is 0 Å². The van der Waals surface area contributed by atoms with E-state index in [0.717, 1.165) is 22.5 Å². The third-order valence-corrected chi connectivity index (χ3v) is 3.18. The van der Waals surface area contributed by atoms with E-state index in [2.05, 4.69) is 20.4 Å². The molecule has 0 spiro atoms. The number of hydrogen-bond acceptors (Lipinski definition) is 4. The van der Waals surface area contributed by atoms with Crippen LogP contribution in [0.2, 0.25) is 5.02 Å². The monoisotopic (exact) mass is 273 g/mol. The topological polar surface area (TPSA) is 55.6 Å². The van der Waals surface area contributed by atoms with E-state index in [0.29, 0.717) is 10.8 Å². The SMILES string of the molecule is CNc1nc(C)nc2c1cnn2-c1ccccc1Cl. The lowest BCUT2D eigenvalue weighted by molar-refractivity contribution is 0.890. The molecular formula is C13H12ClN5. The lowest BCUT2D eigenvalue weighted by atomic mass is 10.3. The largest absolute Gasteiger partial charge is 0.372 e. The Labute approximate surface area is 115 Å². The minimum absolute atomic E-state index is 0.634. The van der Waals surface area contributed by atoms with Crippen LogP contribution < -0.4 is 5.32 Å². The van der Waals surface area contributed by atoms with Crippen molar-refractivity contribution in [1.82, 2.24) is 19.7 Å². The van der Waals surface area contributed by atoms with Gasteiger partial charge in [0, 0.05) is 7.05 Å². The molecule has 3 aromatic rings. The van der Waals surface area contributed by atoms with Gasteiger partial charge in [0.2, 0.25) is 0 Å². The third kappa shape index (κ3) is 1.92. The highest BCUT2D eigenvalue weighted by atomic mass is 35.5. The number of halogens is 1. The second-order valence-corrected chi connectivity index (χ2v) is 4.52. The first-order valence-electron chi connectivity index (χ1n) is 5.85. The molecule has 2 heterocycles. The first-order chi connectivity index (χ1) is 9.20. The summed E-state index contributed by atoms with van der Waals surface area (Å²) in [5, 5.41) is 8.92. The maximum atomic E-state index is 6.21. The smallest absolute Gasteiger partial charge is 0.168 e. The number of hydrogen-bond donors (Lipinski definition) is 1. The van der Waals surface area contributed by atoms with Crippen LogP contribution in [0.5, 0.6) is 0 Å². The molecule has 0 aliphatic carbocycles. The average molecular weight is 274 g/mol. The van der Waals surface area contributed by atoms with Gasteiger partial charge in [0.05, 0.1) is 22.3 Å². The molecule has 1 N–H and O–H groups in total. The molecule has 96 valence electrons. The zero-order valence-electron chi connectivity index (χ0n) is 10.6. The Morgan fingerprint density at radius 3 is 2.74 bits per heavy atom. The van der Waals surface area contributed by atoms with E-state index in [1.807, 2.05) is 38.2 Å². The van der Waals surface area contributed by atoms with Gasteiger partial charge in [-0.1, -0.05) is 23.7 Å². The summed E-state index contributed by atoms with van der Waals surface area (Å²) in [4.78, 5) is 8.79.